The van der Waals surface area contributed by atoms with Crippen molar-refractivity contribution >= 4 is 27.7 Å². The summed E-state index contributed by atoms with van der Waals surface area (Å²) in [4.78, 5) is 28.9. The van der Waals surface area contributed by atoms with Crippen molar-refractivity contribution in [1.29, 1.82) is 0 Å². The highest BCUT2D eigenvalue weighted by Gasteiger charge is 2.35. The lowest BCUT2D eigenvalue weighted by Crippen LogP contribution is -2.54. The first-order valence-electron chi connectivity index (χ1n) is 13.2. The fourth-order valence-electron chi connectivity index (χ4n) is 4.11. The van der Waals surface area contributed by atoms with Crippen LogP contribution in [0.4, 0.5) is 14.5 Å². The summed E-state index contributed by atoms with van der Waals surface area (Å²) >= 11 is 0. The van der Waals surface area contributed by atoms with Crippen molar-refractivity contribution in [2.45, 2.75) is 32.9 Å². The highest BCUT2D eigenvalue weighted by Crippen LogP contribution is 2.22. The van der Waals surface area contributed by atoms with E-state index < -0.39 is 46.2 Å². The fraction of sp³-hybridized carbons (Fsp3) is 0.333. The molecule has 0 spiro atoms. The summed E-state index contributed by atoms with van der Waals surface area (Å²) in [5, 5.41) is 2.87. The number of anilines is 1. The van der Waals surface area contributed by atoms with E-state index >= 15 is 0 Å². The standard InChI is InChI=1S/C30H36F2N4O4S/c1-22(2)19-33-30(38)28(18-23-10-6-5-7-11-23)35(20-24-12-8-9-13-27(24)32)29(37)21-36(41(39,40)34(3)4)26-16-14-25(31)15-17-26/h5-17,22,28H,18-21H2,1-4H3,(H,33,38)/t28-/m0/s1. The minimum atomic E-state index is -4.22. The first-order valence-corrected chi connectivity index (χ1v) is 14.6. The summed E-state index contributed by atoms with van der Waals surface area (Å²) < 4.78 is 56.9. The molecule has 0 aliphatic rings. The molecule has 1 atom stereocenters. The van der Waals surface area contributed by atoms with E-state index in [9.17, 15) is 26.8 Å². The molecular formula is C30H36F2N4O4S. The quantitative estimate of drug-likeness (QED) is 0.328. The molecule has 3 aromatic carbocycles. The Kier molecular flexibility index (Phi) is 11.0. The molecule has 2 amide bonds. The second-order valence-electron chi connectivity index (χ2n) is 10.2. The average molecular weight is 587 g/mol. The summed E-state index contributed by atoms with van der Waals surface area (Å²) in [6.07, 6.45) is 0.113. The number of amides is 2. The molecule has 0 radical (unpaired) electrons. The van der Waals surface area contributed by atoms with Crippen LogP contribution in [0.15, 0.2) is 78.9 Å². The van der Waals surface area contributed by atoms with Crippen molar-refractivity contribution in [3.8, 4) is 0 Å². The first kappa shape index (κ1) is 31.7. The third-order valence-corrected chi connectivity index (χ3v) is 8.21. The number of halogens is 2. The SMILES string of the molecule is CC(C)CNC(=O)[C@H](Cc1ccccc1)N(Cc1ccccc1F)C(=O)CN(c1ccc(F)cc1)S(=O)(=O)N(C)C. The maximum Gasteiger partial charge on any atom is 0.304 e. The number of hydrogen-bond acceptors (Lipinski definition) is 4. The predicted molar refractivity (Wildman–Crippen MR) is 155 cm³/mol. The number of carbonyl (C=O) groups is 2. The lowest BCUT2D eigenvalue weighted by atomic mass is 10.0. The molecule has 0 saturated heterocycles. The number of nitrogens with zero attached hydrogens (tertiary/aromatic N) is 3. The lowest BCUT2D eigenvalue weighted by molar-refractivity contribution is -0.140. The Morgan fingerprint density at radius 3 is 2.07 bits per heavy atom. The van der Waals surface area contributed by atoms with Gasteiger partial charge in [-0.1, -0.05) is 62.4 Å². The third kappa shape index (κ3) is 8.58. The van der Waals surface area contributed by atoms with E-state index in [2.05, 4.69) is 5.32 Å². The largest absolute Gasteiger partial charge is 0.354 e. The van der Waals surface area contributed by atoms with Crippen LogP contribution in [-0.2, 0) is 32.8 Å². The smallest absolute Gasteiger partial charge is 0.304 e. The molecule has 3 rings (SSSR count). The van der Waals surface area contributed by atoms with Gasteiger partial charge in [-0.05, 0) is 41.8 Å². The molecule has 0 bridgehead atoms. The zero-order chi connectivity index (χ0) is 30.2. The minimum Gasteiger partial charge on any atom is -0.354 e. The number of hydrogen-bond donors (Lipinski definition) is 1. The van der Waals surface area contributed by atoms with Gasteiger partial charge >= 0.3 is 10.2 Å². The molecule has 3 aromatic rings. The molecule has 41 heavy (non-hydrogen) atoms. The van der Waals surface area contributed by atoms with Gasteiger partial charge in [-0.25, -0.2) is 13.1 Å². The Morgan fingerprint density at radius 1 is 0.878 bits per heavy atom. The van der Waals surface area contributed by atoms with Gasteiger partial charge in [0.1, 0.15) is 24.2 Å². The average Bonchev–Trinajstić information content (AvgIpc) is 2.94. The van der Waals surface area contributed by atoms with Gasteiger partial charge < -0.3 is 10.2 Å². The minimum absolute atomic E-state index is 0.0585. The van der Waals surface area contributed by atoms with Crippen LogP contribution in [0.25, 0.3) is 0 Å². The van der Waals surface area contributed by atoms with E-state index in [1.165, 1.54) is 49.3 Å². The normalized spacial score (nSPS) is 12.3. The first-order chi connectivity index (χ1) is 19.4. The summed E-state index contributed by atoms with van der Waals surface area (Å²) in [5.41, 5.74) is 0.988. The van der Waals surface area contributed by atoms with Gasteiger partial charge in [0, 0.05) is 39.2 Å². The van der Waals surface area contributed by atoms with Gasteiger partial charge in [-0.3, -0.25) is 9.59 Å². The van der Waals surface area contributed by atoms with Gasteiger partial charge in [0.15, 0.2) is 0 Å². The van der Waals surface area contributed by atoms with Crippen LogP contribution in [0.1, 0.15) is 25.0 Å². The maximum absolute atomic E-state index is 14.8. The monoisotopic (exact) mass is 586 g/mol. The molecule has 0 aliphatic heterocycles. The molecular weight excluding hydrogens is 550 g/mol. The molecule has 1 N–H and O–H groups in total. The second-order valence-corrected chi connectivity index (χ2v) is 12.3. The van der Waals surface area contributed by atoms with Crippen LogP contribution in [0.2, 0.25) is 0 Å². The van der Waals surface area contributed by atoms with Gasteiger partial charge in [0.2, 0.25) is 11.8 Å². The van der Waals surface area contributed by atoms with E-state index in [0.717, 1.165) is 26.3 Å². The van der Waals surface area contributed by atoms with Crippen molar-refractivity contribution < 1.29 is 26.8 Å². The van der Waals surface area contributed by atoms with E-state index in [4.69, 9.17) is 0 Å². The molecule has 0 saturated carbocycles. The van der Waals surface area contributed by atoms with E-state index in [1.807, 2.05) is 32.0 Å². The Labute approximate surface area is 240 Å². The zero-order valence-corrected chi connectivity index (χ0v) is 24.4. The molecule has 0 heterocycles. The van der Waals surface area contributed by atoms with Crippen molar-refractivity contribution in [2.24, 2.45) is 5.92 Å². The number of rotatable bonds is 13. The molecule has 8 nitrogen and oxygen atoms in total. The van der Waals surface area contributed by atoms with Crippen LogP contribution in [0.3, 0.4) is 0 Å². The molecule has 11 heteroatoms. The topological polar surface area (TPSA) is 90.0 Å². The highest BCUT2D eigenvalue weighted by molar-refractivity contribution is 7.90. The third-order valence-electron chi connectivity index (χ3n) is 6.39. The van der Waals surface area contributed by atoms with Crippen molar-refractivity contribution in [1.82, 2.24) is 14.5 Å². The Balaban J connectivity index is 2.09. The van der Waals surface area contributed by atoms with E-state index in [-0.39, 0.29) is 30.1 Å². The second kappa shape index (κ2) is 14.2. The van der Waals surface area contributed by atoms with Crippen molar-refractivity contribution in [3.05, 3.63) is 102 Å². The summed E-state index contributed by atoms with van der Waals surface area (Å²) in [7, 11) is -1.60. The predicted octanol–water partition coefficient (Wildman–Crippen LogP) is 3.99. The Morgan fingerprint density at radius 2 is 1.49 bits per heavy atom. The van der Waals surface area contributed by atoms with Crippen molar-refractivity contribution in [2.75, 3.05) is 31.5 Å². The zero-order valence-electron chi connectivity index (χ0n) is 23.6. The Hall–Kier alpha value is -3.83. The van der Waals surface area contributed by atoms with Crippen LogP contribution in [0, 0.1) is 17.6 Å². The molecule has 0 aliphatic carbocycles. The molecule has 220 valence electrons. The molecule has 0 aromatic heterocycles. The Bertz CT molecular complexity index is 1420. The summed E-state index contributed by atoms with van der Waals surface area (Å²) in [5.74, 6) is -2.19. The van der Waals surface area contributed by atoms with Crippen LogP contribution >= 0.6 is 0 Å². The maximum atomic E-state index is 14.8. The fourth-order valence-corrected chi connectivity index (χ4v) is 5.17. The number of nitrogens with one attached hydrogen (secondary N) is 1. The van der Waals surface area contributed by atoms with Gasteiger partial charge in [-0.2, -0.15) is 12.7 Å². The summed E-state index contributed by atoms with van der Waals surface area (Å²) in [6.45, 7) is 3.23. The van der Waals surface area contributed by atoms with Crippen LogP contribution < -0.4 is 9.62 Å². The van der Waals surface area contributed by atoms with Crippen LogP contribution in [0.5, 0.6) is 0 Å². The lowest BCUT2D eigenvalue weighted by Gasteiger charge is -2.34. The highest BCUT2D eigenvalue weighted by atomic mass is 32.2. The van der Waals surface area contributed by atoms with E-state index in [1.54, 1.807) is 18.2 Å². The van der Waals surface area contributed by atoms with Crippen LogP contribution in [-0.4, -0.2) is 62.7 Å². The van der Waals surface area contributed by atoms with Crippen molar-refractivity contribution in [3.63, 3.8) is 0 Å². The molecule has 0 fully saturated rings. The van der Waals surface area contributed by atoms with Gasteiger partial charge in [-0.15, -0.1) is 0 Å². The summed E-state index contributed by atoms with van der Waals surface area (Å²) in [6, 6.07) is 18.6. The van der Waals surface area contributed by atoms with E-state index in [0.29, 0.717) is 6.54 Å². The molecule has 0 unspecified atom stereocenters. The number of benzene rings is 3. The number of carbonyl (C=O) groups excluding carboxylic acids is 2. The van der Waals surface area contributed by atoms with Gasteiger partial charge in [0.25, 0.3) is 0 Å². The van der Waals surface area contributed by atoms with Gasteiger partial charge in [0.05, 0.1) is 5.69 Å².